The number of hydrogen-bond acceptors (Lipinski definition) is 10. The van der Waals surface area contributed by atoms with Crippen molar-refractivity contribution in [3.8, 4) is 29.6 Å². The molecule has 11 nitrogen and oxygen atoms in total. The summed E-state index contributed by atoms with van der Waals surface area (Å²) in [7, 11) is 5.55. The highest BCUT2D eigenvalue weighted by molar-refractivity contribution is 5.91. The lowest BCUT2D eigenvalue weighted by molar-refractivity contribution is -0.214. The summed E-state index contributed by atoms with van der Waals surface area (Å²) in [6, 6.07) is 9.75. The van der Waals surface area contributed by atoms with Gasteiger partial charge < -0.3 is 44.0 Å². The second-order valence-corrected chi connectivity index (χ2v) is 8.62. The Hall–Kier alpha value is -3.82. The number of carbonyl (C=O) groups is 2. The fourth-order valence-electron chi connectivity index (χ4n) is 3.94. The molecule has 0 spiro atoms. The number of carbonyl (C=O) groups excluding carboxylic acids is 2. The van der Waals surface area contributed by atoms with E-state index in [-0.39, 0.29) is 54.5 Å². The molecule has 0 bridgehead atoms. The third-order valence-corrected chi connectivity index (χ3v) is 5.90. The van der Waals surface area contributed by atoms with Gasteiger partial charge in [-0.3, -0.25) is 4.79 Å². The number of anilines is 1. The Kier molecular flexibility index (Phi) is 13.8. The Labute approximate surface area is 234 Å². The minimum absolute atomic E-state index is 0.00447. The second kappa shape index (κ2) is 17.0. The number of aliphatic hydroxyl groups is 1. The van der Waals surface area contributed by atoms with Crippen molar-refractivity contribution in [3.05, 3.63) is 47.5 Å². The molecule has 3 atom stereocenters. The molecule has 1 amide bonds. The highest BCUT2D eigenvalue weighted by atomic mass is 16.7. The molecule has 3 unspecified atom stereocenters. The standard InChI is InChI=1S/C28H33NO9.CH4O/c1-5-6-10-25(31)29-20-9-7-8-18(11-20)16-36-27-23(30)12-19(13-24(27)34-3)28(32)37-17-22-14-21(33-2)15-26(35-4)38-22;1-2/h1,7-9,11-13,21-22,26,30H,6,10,14-17H2,2-4H3,(H,29,31);2H,1H3. The molecular weight excluding hydrogens is 522 g/mol. The van der Waals surface area contributed by atoms with E-state index in [1.807, 2.05) is 6.07 Å². The number of benzene rings is 2. The van der Waals surface area contributed by atoms with E-state index in [4.69, 9.17) is 40.0 Å². The lowest BCUT2D eigenvalue weighted by atomic mass is 10.1. The molecule has 11 heteroatoms. The number of ether oxygens (including phenoxy) is 6. The van der Waals surface area contributed by atoms with Gasteiger partial charge in [-0.25, -0.2) is 4.79 Å². The van der Waals surface area contributed by atoms with Crippen LogP contribution in [0.5, 0.6) is 17.2 Å². The SMILES string of the molecule is C#CCCC(=O)Nc1cccc(COc2c(O)cc(C(=O)OCC3CC(OC)CC(OC)O3)cc2OC)c1.CO. The number of esters is 1. The zero-order valence-electron chi connectivity index (χ0n) is 23.2. The summed E-state index contributed by atoms with van der Waals surface area (Å²) in [6.45, 7) is 0.0671. The number of aromatic hydroxyl groups is 1. The topological polar surface area (TPSA) is 142 Å². The first-order chi connectivity index (χ1) is 19.4. The van der Waals surface area contributed by atoms with E-state index in [0.717, 1.165) is 12.7 Å². The largest absolute Gasteiger partial charge is 0.504 e. The molecule has 1 saturated heterocycles. The maximum absolute atomic E-state index is 12.7. The molecular formula is C29H37NO10. The molecule has 1 heterocycles. The summed E-state index contributed by atoms with van der Waals surface area (Å²) in [5, 5.41) is 20.4. The van der Waals surface area contributed by atoms with Crippen LogP contribution in [0.3, 0.4) is 0 Å². The quantitative estimate of drug-likeness (QED) is 0.262. The molecule has 0 radical (unpaired) electrons. The Morgan fingerprint density at radius 3 is 2.58 bits per heavy atom. The number of aliphatic hydroxyl groups excluding tert-OH is 1. The number of hydrogen-bond donors (Lipinski definition) is 3. The molecule has 40 heavy (non-hydrogen) atoms. The van der Waals surface area contributed by atoms with Gasteiger partial charge in [0, 0.05) is 52.7 Å². The third-order valence-electron chi connectivity index (χ3n) is 5.90. The maximum atomic E-state index is 12.7. The monoisotopic (exact) mass is 559 g/mol. The summed E-state index contributed by atoms with van der Waals surface area (Å²) < 4.78 is 33.0. The van der Waals surface area contributed by atoms with Crippen molar-refractivity contribution in [3.63, 3.8) is 0 Å². The summed E-state index contributed by atoms with van der Waals surface area (Å²) in [4.78, 5) is 24.6. The van der Waals surface area contributed by atoms with E-state index in [1.165, 1.54) is 19.2 Å². The van der Waals surface area contributed by atoms with Gasteiger partial charge in [0.25, 0.3) is 0 Å². The molecule has 3 rings (SSSR count). The molecule has 0 saturated carbocycles. The Bertz CT molecular complexity index is 1130. The maximum Gasteiger partial charge on any atom is 0.338 e. The van der Waals surface area contributed by atoms with Crippen LogP contribution in [0.15, 0.2) is 36.4 Å². The van der Waals surface area contributed by atoms with Crippen molar-refractivity contribution in [2.24, 2.45) is 0 Å². The zero-order chi connectivity index (χ0) is 29.5. The molecule has 2 aromatic carbocycles. The molecule has 2 aromatic rings. The molecule has 3 N–H and O–H groups in total. The Balaban J connectivity index is 0.00000274. The predicted octanol–water partition coefficient (Wildman–Crippen LogP) is 3.26. The number of nitrogens with one attached hydrogen (secondary N) is 1. The first-order valence-corrected chi connectivity index (χ1v) is 12.6. The minimum Gasteiger partial charge on any atom is -0.504 e. The van der Waals surface area contributed by atoms with Crippen LogP contribution in [0.2, 0.25) is 0 Å². The summed E-state index contributed by atoms with van der Waals surface area (Å²) >= 11 is 0. The van der Waals surface area contributed by atoms with Crippen LogP contribution in [0, 0.1) is 12.3 Å². The number of phenolic OH excluding ortho intramolecular Hbond substituents is 1. The second-order valence-electron chi connectivity index (χ2n) is 8.62. The van der Waals surface area contributed by atoms with Crippen LogP contribution in [0.1, 0.15) is 41.6 Å². The number of methoxy groups -OCH3 is 3. The van der Waals surface area contributed by atoms with Crippen molar-refractivity contribution < 1.29 is 48.2 Å². The summed E-state index contributed by atoms with van der Waals surface area (Å²) in [5.74, 6) is 1.52. The van der Waals surface area contributed by atoms with E-state index >= 15 is 0 Å². The molecule has 1 aliphatic rings. The van der Waals surface area contributed by atoms with Crippen LogP contribution in [0.4, 0.5) is 5.69 Å². The van der Waals surface area contributed by atoms with Crippen molar-refractivity contribution in [2.45, 2.75) is 50.8 Å². The molecule has 1 aliphatic heterocycles. The van der Waals surface area contributed by atoms with Gasteiger partial charge in [-0.05, 0) is 29.8 Å². The molecule has 1 fully saturated rings. The lowest BCUT2D eigenvalue weighted by Gasteiger charge is -2.33. The summed E-state index contributed by atoms with van der Waals surface area (Å²) in [5.41, 5.74) is 1.42. The first kappa shape index (κ1) is 32.4. The minimum atomic E-state index is -0.657. The zero-order valence-corrected chi connectivity index (χ0v) is 23.2. The number of terminal acetylenes is 1. The van der Waals surface area contributed by atoms with Crippen LogP contribution < -0.4 is 14.8 Å². The van der Waals surface area contributed by atoms with Crippen molar-refractivity contribution in [1.29, 1.82) is 0 Å². The van der Waals surface area contributed by atoms with Gasteiger partial charge >= 0.3 is 5.97 Å². The Morgan fingerprint density at radius 1 is 1.12 bits per heavy atom. The molecule has 0 aliphatic carbocycles. The normalized spacial score (nSPS) is 17.9. The van der Waals surface area contributed by atoms with E-state index in [1.54, 1.807) is 32.4 Å². The van der Waals surface area contributed by atoms with Gasteiger partial charge in [0.15, 0.2) is 17.8 Å². The fourth-order valence-corrected chi connectivity index (χ4v) is 3.94. The van der Waals surface area contributed by atoms with Crippen molar-refractivity contribution >= 4 is 17.6 Å². The van der Waals surface area contributed by atoms with Gasteiger partial charge in [-0.2, -0.15) is 0 Å². The third kappa shape index (κ3) is 9.73. The van der Waals surface area contributed by atoms with Crippen LogP contribution in [-0.2, 0) is 30.3 Å². The highest BCUT2D eigenvalue weighted by Gasteiger charge is 2.30. The smallest absolute Gasteiger partial charge is 0.338 e. The van der Waals surface area contributed by atoms with Gasteiger partial charge in [0.1, 0.15) is 13.2 Å². The van der Waals surface area contributed by atoms with Crippen molar-refractivity contribution in [1.82, 2.24) is 0 Å². The van der Waals surface area contributed by atoms with Crippen LogP contribution in [-0.4, -0.2) is 75.6 Å². The van der Waals surface area contributed by atoms with Gasteiger partial charge in [-0.1, -0.05) is 12.1 Å². The lowest BCUT2D eigenvalue weighted by Crippen LogP contribution is -2.40. The van der Waals surface area contributed by atoms with Gasteiger partial charge in [0.2, 0.25) is 11.7 Å². The summed E-state index contributed by atoms with van der Waals surface area (Å²) in [6.07, 6.45) is 6.03. The molecule has 218 valence electrons. The first-order valence-electron chi connectivity index (χ1n) is 12.6. The predicted molar refractivity (Wildman–Crippen MR) is 146 cm³/mol. The van der Waals surface area contributed by atoms with Gasteiger partial charge in [-0.15, -0.1) is 12.3 Å². The van der Waals surface area contributed by atoms with Crippen molar-refractivity contribution in [2.75, 3.05) is 40.4 Å². The van der Waals surface area contributed by atoms with Crippen LogP contribution in [0.25, 0.3) is 0 Å². The van der Waals surface area contributed by atoms with E-state index in [9.17, 15) is 14.7 Å². The number of phenols is 1. The Morgan fingerprint density at radius 2 is 1.90 bits per heavy atom. The van der Waals surface area contributed by atoms with Crippen LogP contribution >= 0.6 is 0 Å². The van der Waals surface area contributed by atoms with E-state index in [0.29, 0.717) is 24.9 Å². The highest BCUT2D eigenvalue weighted by Crippen LogP contribution is 2.38. The molecule has 0 aromatic heterocycles. The number of rotatable bonds is 12. The van der Waals surface area contributed by atoms with E-state index in [2.05, 4.69) is 11.2 Å². The average Bonchev–Trinajstić information content (AvgIpc) is 2.98. The fraction of sp³-hybridized carbons (Fsp3) is 0.448. The number of amides is 1. The average molecular weight is 560 g/mol. The van der Waals surface area contributed by atoms with Gasteiger partial charge in [0.05, 0.1) is 24.9 Å². The van der Waals surface area contributed by atoms with E-state index < -0.39 is 18.4 Å².